The van der Waals surface area contributed by atoms with Crippen LogP contribution in [0.4, 0.5) is 0 Å². The fourth-order valence-corrected chi connectivity index (χ4v) is 3.56. The average molecular weight is 331 g/mol. The molecule has 2 aromatic rings. The summed E-state index contributed by atoms with van der Waals surface area (Å²) in [6, 6.07) is 17.1. The Hall–Kier alpha value is -1.78. The maximum atomic E-state index is 12.5. The van der Waals surface area contributed by atoms with Crippen LogP contribution in [0.2, 0.25) is 5.02 Å². The molecule has 0 aromatic heterocycles. The Bertz CT molecular complexity index is 703. The van der Waals surface area contributed by atoms with Gasteiger partial charge >= 0.3 is 0 Å². The van der Waals surface area contributed by atoms with E-state index in [2.05, 4.69) is 4.99 Å². The zero-order valence-electron chi connectivity index (χ0n) is 11.9. The molecule has 0 radical (unpaired) electrons. The van der Waals surface area contributed by atoms with E-state index in [1.807, 2.05) is 54.6 Å². The van der Waals surface area contributed by atoms with Crippen LogP contribution in [0.1, 0.15) is 15.9 Å². The van der Waals surface area contributed by atoms with Crippen LogP contribution in [-0.2, 0) is 5.75 Å². The molecule has 0 atom stereocenters. The average Bonchev–Trinajstić information content (AvgIpc) is 3.03. The molecule has 1 aliphatic rings. The van der Waals surface area contributed by atoms with E-state index in [0.29, 0.717) is 24.4 Å². The number of carbonyl (C=O) groups is 1. The molecule has 1 heterocycles. The van der Waals surface area contributed by atoms with E-state index in [1.165, 1.54) is 0 Å². The van der Waals surface area contributed by atoms with E-state index >= 15 is 0 Å². The minimum absolute atomic E-state index is 0.00325. The number of amidine groups is 1. The fourth-order valence-electron chi connectivity index (χ4n) is 2.23. The Balaban J connectivity index is 1.69. The van der Waals surface area contributed by atoms with Gasteiger partial charge < -0.3 is 0 Å². The van der Waals surface area contributed by atoms with Crippen LogP contribution in [-0.4, -0.2) is 29.1 Å². The van der Waals surface area contributed by atoms with E-state index in [4.69, 9.17) is 11.6 Å². The minimum Gasteiger partial charge on any atom is -0.286 e. The molecule has 0 saturated heterocycles. The number of thioether (sulfide) groups is 1. The molecule has 1 amide bonds. The Morgan fingerprint density at radius 2 is 1.86 bits per heavy atom. The van der Waals surface area contributed by atoms with Gasteiger partial charge in [-0.2, -0.15) is 0 Å². The predicted octanol–water partition coefficient (Wildman–Crippen LogP) is 4.09. The molecule has 22 heavy (non-hydrogen) atoms. The van der Waals surface area contributed by atoms with Crippen LogP contribution in [0, 0.1) is 0 Å². The van der Waals surface area contributed by atoms with E-state index in [9.17, 15) is 4.79 Å². The van der Waals surface area contributed by atoms with Gasteiger partial charge in [-0.15, -0.1) is 0 Å². The lowest BCUT2D eigenvalue weighted by Crippen LogP contribution is -2.32. The molecule has 112 valence electrons. The number of aliphatic imine (C=N–C) groups is 1. The first-order valence-corrected chi connectivity index (χ1v) is 8.39. The lowest BCUT2D eigenvalue weighted by atomic mass is 10.2. The molecule has 0 N–H and O–H groups in total. The van der Waals surface area contributed by atoms with Crippen molar-refractivity contribution in [1.29, 1.82) is 0 Å². The van der Waals surface area contributed by atoms with E-state index in [1.54, 1.807) is 16.7 Å². The van der Waals surface area contributed by atoms with Crippen molar-refractivity contribution < 1.29 is 4.79 Å². The summed E-state index contributed by atoms with van der Waals surface area (Å²) < 4.78 is 0. The van der Waals surface area contributed by atoms with Crippen LogP contribution in [0.25, 0.3) is 0 Å². The van der Waals surface area contributed by atoms with Crippen molar-refractivity contribution in [3.05, 3.63) is 70.7 Å². The quantitative estimate of drug-likeness (QED) is 0.849. The third-order valence-corrected chi connectivity index (χ3v) is 4.81. The van der Waals surface area contributed by atoms with E-state index < -0.39 is 0 Å². The lowest BCUT2D eigenvalue weighted by molar-refractivity contribution is 0.0860. The summed E-state index contributed by atoms with van der Waals surface area (Å²) in [5.74, 6) is 0.709. The molecule has 0 spiro atoms. The maximum Gasteiger partial charge on any atom is 0.259 e. The molecular formula is C17H15ClN2OS. The molecule has 0 bridgehead atoms. The third kappa shape index (κ3) is 3.34. The fraction of sp³-hybridized carbons (Fsp3) is 0.176. The van der Waals surface area contributed by atoms with Gasteiger partial charge in [-0.1, -0.05) is 59.8 Å². The van der Waals surface area contributed by atoms with Crippen molar-refractivity contribution in [3.63, 3.8) is 0 Å². The number of benzene rings is 2. The van der Waals surface area contributed by atoms with Crippen LogP contribution < -0.4 is 0 Å². The minimum atomic E-state index is 0.00325. The molecule has 0 saturated carbocycles. The first kappa shape index (κ1) is 15.1. The predicted molar refractivity (Wildman–Crippen MR) is 92.5 cm³/mol. The highest BCUT2D eigenvalue weighted by Crippen LogP contribution is 2.25. The van der Waals surface area contributed by atoms with Crippen molar-refractivity contribution in [2.45, 2.75) is 5.75 Å². The maximum absolute atomic E-state index is 12.5. The molecule has 0 fully saturated rings. The summed E-state index contributed by atoms with van der Waals surface area (Å²) >= 11 is 7.72. The van der Waals surface area contributed by atoms with Gasteiger partial charge in [0.25, 0.3) is 5.91 Å². The highest BCUT2D eigenvalue weighted by Gasteiger charge is 2.25. The van der Waals surface area contributed by atoms with Crippen molar-refractivity contribution in [2.24, 2.45) is 4.99 Å². The molecule has 1 aliphatic heterocycles. The van der Waals surface area contributed by atoms with Crippen LogP contribution in [0.15, 0.2) is 59.6 Å². The number of hydrogen-bond donors (Lipinski definition) is 0. The van der Waals surface area contributed by atoms with E-state index in [0.717, 1.165) is 15.8 Å². The zero-order chi connectivity index (χ0) is 15.4. The number of carbonyl (C=O) groups excluding carboxylic acids is 1. The highest BCUT2D eigenvalue weighted by atomic mass is 35.5. The summed E-state index contributed by atoms with van der Waals surface area (Å²) in [4.78, 5) is 18.7. The Morgan fingerprint density at radius 3 is 2.64 bits per heavy atom. The molecule has 0 unspecified atom stereocenters. The second-order valence-corrected chi connectivity index (χ2v) is 6.22. The largest absolute Gasteiger partial charge is 0.286 e. The number of nitrogens with zero attached hydrogens (tertiary/aromatic N) is 2. The molecule has 3 nitrogen and oxygen atoms in total. The monoisotopic (exact) mass is 330 g/mol. The lowest BCUT2D eigenvalue weighted by Gasteiger charge is -2.18. The Morgan fingerprint density at radius 1 is 1.14 bits per heavy atom. The summed E-state index contributed by atoms with van der Waals surface area (Å²) in [5, 5.41) is 1.52. The molecule has 3 rings (SSSR count). The van der Waals surface area contributed by atoms with Crippen molar-refractivity contribution in [1.82, 2.24) is 4.90 Å². The van der Waals surface area contributed by atoms with Crippen molar-refractivity contribution in [3.8, 4) is 0 Å². The Kier molecular flexibility index (Phi) is 4.80. The second kappa shape index (κ2) is 6.99. The summed E-state index contributed by atoms with van der Waals surface area (Å²) in [7, 11) is 0. The first-order chi connectivity index (χ1) is 10.8. The van der Waals surface area contributed by atoms with Gasteiger partial charge in [0, 0.05) is 22.9 Å². The highest BCUT2D eigenvalue weighted by molar-refractivity contribution is 8.13. The molecular weight excluding hydrogens is 316 g/mol. The van der Waals surface area contributed by atoms with Gasteiger partial charge in [-0.25, -0.2) is 0 Å². The molecule has 0 aliphatic carbocycles. The van der Waals surface area contributed by atoms with Gasteiger partial charge in [0.05, 0.1) is 6.54 Å². The third-order valence-electron chi connectivity index (χ3n) is 3.38. The van der Waals surface area contributed by atoms with Gasteiger partial charge in [0.15, 0.2) is 5.17 Å². The van der Waals surface area contributed by atoms with Crippen molar-refractivity contribution >= 4 is 34.4 Å². The van der Waals surface area contributed by atoms with Crippen LogP contribution >= 0.6 is 23.4 Å². The number of rotatable bonds is 3. The number of hydrogen-bond acceptors (Lipinski definition) is 3. The van der Waals surface area contributed by atoms with Crippen LogP contribution in [0.5, 0.6) is 0 Å². The van der Waals surface area contributed by atoms with Gasteiger partial charge in [-0.05, 0) is 23.8 Å². The van der Waals surface area contributed by atoms with Gasteiger partial charge in [0.1, 0.15) is 0 Å². The normalized spacial score (nSPS) is 14.0. The summed E-state index contributed by atoms with van der Waals surface area (Å²) in [5.41, 5.74) is 1.74. The smallest absolute Gasteiger partial charge is 0.259 e. The van der Waals surface area contributed by atoms with Gasteiger partial charge in [0.2, 0.25) is 0 Å². The topological polar surface area (TPSA) is 32.7 Å². The second-order valence-electron chi connectivity index (χ2n) is 4.87. The van der Waals surface area contributed by atoms with Crippen molar-refractivity contribution in [2.75, 3.05) is 13.1 Å². The number of amides is 1. The zero-order valence-corrected chi connectivity index (χ0v) is 13.5. The SMILES string of the molecule is O=C(c1ccccc1)N1CCN=C1SCc1ccccc1Cl. The molecule has 5 heteroatoms. The first-order valence-electron chi connectivity index (χ1n) is 7.03. The number of halogens is 1. The van der Waals surface area contributed by atoms with Crippen LogP contribution in [0.3, 0.4) is 0 Å². The van der Waals surface area contributed by atoms with E-state index in [-0.39, 0.29) is 5.91 Å². The Labute approximate surface area is 139 Å². The summed E-state index contributed by atoms with van der Waals surface area (Å²) in [6.45, 7) is 1.29. The molecule has 2 aromatic carbocycles. The van der Waals surface area contributed by atoms with Gasteiger partial charge in [-0.3, -0.25) is 14.7 Å². The summed E-state index contributed by atoms with van der Waals surface area (Å²) in [6.07, 6.45) is 0. The standard InChI is InChI=1S/C17H15ClN2OS/c18-15-9-5-4-8-14(15)12-22-17-19-10-11-20(17)16(21)13-6-2-1-3-7-13/h1-9H,10-12H2.